The number of anilines is 1. The molecule has 0 saturated heterocycles. The minimum Gasteiger partial charge on any atom is -0.494 e. The van der Waals surface area contributed by atoms with Gasteiger partial charge in [-0.1, -0.05) is 6.07 Å². The van der Waals surface area contributed by atoms with Crippen LogP contribution in [-0.2, 0) is 9.59 Å². The van der Waals surface area contributed by atoms with Gasteiger partial charge < -0.3 is 15.2 Å². The summed E-state index contributed by atoms with van der Waals surface area (Å²) in [7, 11) is 0. The summed E-state index contributed by atoms with van der Waals surface area (Å²) >= 11 is 0. The standard InChI is InChI=1S/C13H15NO4/c1-2-18-10-5-3-4-9(8-10)14-11(15)13(6-7-13)12(16)17/h3-5,8H,2,6-7H2,1H3,(H,14,15)(H,16,17). The van der Waals surface area contributed by atoms with Gasteiger partial charge in [-0.15, -0.1) is 0 Å². The van der Waals surface area contributed by atoms with E-state index in [-0.39, 0.29) is 0 Å². The number of aliphatic carboxylic acids is 1. The number of nitrogens with one attached hydrogen (secondary N) is 1. The van der Waals surface area contributed by atoms with E-state index in [4.69, 9.17) is 9.84 Å². The highest BCUT2D eigenvalue weighted by atomic mass is 16.5. The largest absolute Gasteiger partial charge is 0.494 e. The molecule has 1 aromatic carbocycles. The van der Waals surface area contributed by atoms with E-state index in [2.05, 4.69) is 5.32 Å². The Balaban J connectivity index is 2.08. The smallest absolute Gasteiger partial charge is 0.319 e. The summed E-state index contributed by atoms with van der Waals surface area (Å²) in [6.45, 7) is 2.41. The van der Waals surface area contributed by atoms with Crippen molar-refractivity contribution in [3.05, 3.63) is 24.3 Å². The lowest BCUT2D eigenvalue weighted by atomic mass is 10.1. The first-order valence-electron chi connectivity index (χ1n) is 5.86. The van der Waals surface area contributed by atoms with E-state index in [0.29, 0.717) is 30.9 Å². The van der Waals surface area contributed by atoms with Crippen molar-refractivity contribution in [1.29, 1.82) is 0 Å². The molecule has 1 fully saturated rings. The van der Waals surface area contributed by atoms with Crippen LogP contribution >= 0.6 is 0 Å². The van der Waals surface area contributed by atoms with Crippen molar-refractivity contribution in [2.24, 2.45) is 5.41 Å². The molecule has 1 amide bonds. The van der Waals surface area contributed by atoms with Gasteiger partial charge in [-0.3, -0.25) is 9.59 Å². The molecule has 2 rings (SSSR count). The third kappa shape index (κ3) is 2.30. The molecule has 0 radical (unpaired) electrons. The van der Waals surface area contributed by atoms with Crippen LogP contribution < -0.4 is 10.1 Å². The average Bonchev–Trinajstić information content (AvgIpc) is 3.10. The molecule has 5 nitrogen and oxygen atoms in total. The highest BCUT2D eigenvalue weighted by Gasteiger charge is 2.57. The van der Waals surface area contributed by atoms with Gasteiger partial charge in [-0.2, -0.15) is 0 Å². The van der Waals surface area contributed by atoms with Crippen LogP contribution in [-0.4, -0.2) is 23.6 Å². The van der Waals surface area contributed by atoms with Gasteiger partial charge in [-0.25, -0.2) is 0 Å². The fraction of sp³-hybridized carbons (Fsp3) is 0.385. The van der Waals surface area contributed by atoms with E-state index >= 15 is 0 Å². The maximum absolute atomic E-state index is 11.9. The molecule has 18 heavy (non-hydrogen) atoms. The first kappa shape index (κ1) is 12.4. The van der Waals surface area contributed by atoms with Gasteiger partial charge >= 0.3 is 5.97 Å². The summed E-state index contributed by atoms with van der Waals surface area (Å²) in [5, 5.41) is 11.6. The quantitative estimate of drug-likeness (QED) is 0.781. The van der Waals surface area contributed by atoms with E-state index in [9.17, 15) is 9.59 Å². The number of hydrogen-bond acceptors (Lipinski definition) is 3. The SMILES string of the molecule is CCOc1cccc(NC(=O)C2(C(=O)O)CC2)c1. The van der Waals surface area contributed by atoms with Gasteiger partial charge in [0.15, 0.2) is 0 Å². The lowest BCUT2D eigenvalue weighted by molar-refractivity contribution is -0.147. The summed E-state index contributed by atoms with van der Waals surface area (Å²) in [6.07, 6.45) is 0.804. The molecule has 0 heterocycles. The molecule has 1 aliphatic rings. The van der Waals surface area contributed by atoms with Crippen molar-refractivity contribution in [2.75, 3.05) is 11.9 Å². The molecule has 0 atom stereocenters. The molecule has 1 saturated carbocycles. The Morgan fingerprint density at radius 3 is 2.72 bits per heavy atom. The van der Waals surface area contributed by atoms with Crippen molar-refractivity contribution < 1.29 is 19.4 Å². The Morgan fingerprint density at radius 2 is 2.17 bits per heavy atom. The molecule has 0 aromatic heterocycles. The van der Waals surface area contributed by atoms with Crippen molar-refractivity contribution >= 4 is 17.6 Å². The maximum Gasteiger partial charge on any atom is 0.319 e. The molecule has 0 bridgehead atoms. The number of ether oxygens (including phenoxy) is 1. The van der Waals surface area contributed by atoms with Crippen LogP contribution in [0.3, 0.4) is 0 Å². The Hall–Kier alpha value is -2.04. The van der Waals surface area contributed by atoms with Crippen LogP contribution in [0.4, 0.5) is 5.69 Å². The number of carbonyl (C=O) groups excluding carboxylic acids is 1. The third-order valence-electron chi connectivity index (χ3n) is 3.00. The van der Waals surface area contributed by atoms with Gasteiger partial charge in [0, 0.05) is 11.8 Å². The van der Waals surface area contributed by atoms with Crippen molar-refractivity contribution in [3.63, 3.8) is 0 Å². The summed E-state index contributed by atoms with van der Waals surface area (Å²) in [5.74, 6) is -0.861. The lowest BCUT2D eigenvalue weighted by Crippen LogP contribution is -2.31. The highest BCUT2D eigenvalue weighted by Crippen LogP contribution is 2.46. The monoisotopic (exact) mass is 249 g/mol. The molecule has 96 valence electrons. The predicted molar refractivity (Wildman–Crippen MR) is 65.5 cm³/mol. The van der Waals surface area contributed by atoms with Crippen LogP contribution in [0.25, 0.3) is 0 Å². The zero-order valence-corrected chi connectivity index (χ0v) is 10.1. The highest BCUT2D eigenvalue weighted by molar-refractivity contribution is 6.10. The predicted octanol–water partition coefficient (Wildman–Crippen LogP) is 1.89. The third-order valence-corrected chi connectivity index (χ3v) is 3.00. The molecule has 1 aromatic rings. The molecular formula is C13H15NO4. The van der Waals surface area contributed by atoms with Crippen LogP contribution in [0.5, 0.6) is 5.75 Å². The Morgan fingerprint density at radius 1 is 1.44 bits per heavy atom. The average molecular weight is 249 g/mol. The normalized spacial score (nSPS) is 15.8. The second-order valence-electron chi connectivity index (χ2n) is 4.30. The first-order valence-corrected chi connectivity index (χ1v) is 5.86. The number of amides is 1. The van der Waals surface area contributed by atoms with E-state index in [0.717, 1.165) is 0 Å². The molecule has 2 N–H and O–H groups in total. The molecule has 0 aliphatic heterocycles. The van der Waals surface area contributed by atoms with Crippen LogP contribution in [0.15, 0.2) is 24.3 Å². The van der Waals surface area contributed by atoms with E-state index in [1.807, 2.05) is 6.92 Å². The summed E-state index contributed by atoms with van der Waals surface area (Å²) in [6, 6.07) is 6.92. The number of carboxylic acids is 1. The van der Waals surface area contributed by atoms with Gasteiger partial charge in [0.1, 0.15) is 11.2 Å². The van der Waals surface area contributed by atoms with Crippen LogP contribution in [0.1, 0.15) is 19.8 Å². The second-order valence-corrected chi connectivity index (χ2v) is 4.30. The van der Waals surface area contributed by atoms with Crippen LogP contribution in [0.2, 0.25) is 0 Å². The van der Waals surface area contributed by atoms with E-state index in [1.54, 1.807) is 24.3 Å². The second kappa shape index (κ2) is 4.68. The topological polar surface area (TPSA) is 75.6 Å². The number of benzene rings is 1. The summed E-state index contributed by atoms with van der Waals surface area (Å²) in [4.78, 5) is 22.9. The minimum atomic E-state index is -1.22. The number of carbonyl (C=O) groups is 2. The lowest BCUT2D eigenvalue weighted by Gasteiger charge is -2.11. The van der Waals surface area contributed by atoms with Crippen molar-refractivity contribution in [2.45, 2.75) is 19.8 Å². The number of carboxylic acid groups (broad SMARTS) is 1. The van der Waals surface area contributed by atoms with Crippen molar-refractivity contribution in [1.82, 2.24) is 0 Å². The summed E-state index contributed by atoms with van der Waals surface area (Å²) in [5.41, 5.74) is -0.666. The van der Waals surface area contributed by atoms with E-state index < -0.39 is 17.3 Å². The summed E-state index contributed by atoms with van der Waals surface area (Å²) < 4.78 is 5.31. The molecule has 1 aliphatic carbocycles. The zero-order chi connectivity index (χ0) is 13.2. The minimum absolute atomic E-state index is 0.402. The van der Waals surface area contributed by atoms with Gasteiger partial charge in [0.25, 0.3) is 0 Å². The molecule has 0 unspecified atom stereocenters. The fourth-order valence-corrected chi connectivity index (χ4v) is 1.74. The first-order chi connectivity index (χ1) is 8.58. The zero-order valence-electron chi connectivity index (χ0n) is 10.1. The molecule has 0 spiro atoms. The van der Waals surface area contributed by atoms with Gasteiger partial charge in [0.2, 0.25) is 5.91 Å². The number of rotatable bonds is 5. The van der Waals surface area contributed by atoms with Gasteiger partial charge in [0.05, 0.1) is 6.61 Å². The maximum atomic E-state index is 11.9. The Kier molecular flexibility index (Phi) is 3.23. The van der Waals surface area contributed by atoms with Gasteiger partial charge in [-0.05, 0) is 31.9 Å². The van der Waals surface area contributed by atoms with Crippen molar-refractivity contribution in [3.8, 4) is 5.75 Å². The molecule has 5 heteroatoms. The van der Waals surface area contributed by atoms with Crippen LogP contribution in [0, 0.1) is 5.41 Å². The Labute approximate surface area is 105 Å². The fourth-order valence-electron chi connectivity index (χ4n) is 1.74. The molecular weight excluding hydrogens is 234 g/mol. The Bertz CT molecular complexity index is 480. The number of hydrogen-bond donors (Lipinski definition) is 2. The van der Waals surface area contributed by atoms with E-state index in [1.165, 1.54) is 0 Å².